The number of carbonyl (C=O) groups is 2. The minimum atomic E-state index is -0.248. The molecule has 9 heteroatoms. The zero-order chi connectivity index (χ0) is 38.1. The normalized spacial score (nSPS) is 12.9. The summed E-state index contributed by atoms with van der Waals surface area (Å²) in [5.41, 5.74) is 21.1. The second-order valence-corrected chi connectivity index (χ2v) is 14.1. The molecule has 0 atom stereocenters. The first kappa shape index (κ1) is 37.6. The molecule has 2 aliphatic rings. The van der Waals surface area contributed by atoms with Gasteiger partial charge < -0.3 is 24.4 Å². The Labute approximate surface area is 312 Å². The van der Waals surface area contributed by atoms with Crippen molar-refractivity contribution >= 4 is 67.3 Å². The van der Waals surface area contributed by atoms with Gasteiger partial charge in [-0.25, -0.2) is 9.97 Å². The van der Waals surface area contributed by atoms with Gasteiger partial charge in [-0.2, -0.15) is 0 Å². The lowest BCUT2D eigenvalue weighted by Crippen LogP contribution is -2.02. The van der Waals surface area contributed by atoms with Gasteiger partial charge in [0.25, 0.3) is 0 Å². The number of rotatable bonds is 10. The van der Waals surface area contributed by atoms with Crippen LogP contribution in [-0.4, -0.2) is 51.1 Å². The van der Waals surface area contributed by atoms with Crippen LogP contribution < -0.4 is 0 Å². The van der Waals surface area contributed by atoms with Crippen molar-refractivity contribution < 1.29 is 19.1 Å². The summed E-state index contributed by atoms with van der Waals surface area (Å²) in [5, 5.41) is 0. The maximum atomic E-state index is 12.4. The number of hydrogen-bond acceptors (Lipinski definition) is 6. The van der Waals surface area contributed by atoms with Crippen molar-refractivity contribution in [1.29, 1.82) is 0 Å². The van der Waals surface area contributed by atoms with Gasteiger partial charge in [0.2, 0.25) is 0 Å². The summed E-state index contributed by atoms with van der Waals surface area (Å²) in [6.45, 7) is 17.3. The molecule has 278 valence electrons. The first-order chi connectivity index (χ1) is 25.5. The van der Waals surface area contributed by atoms with Gasteiger partial charge in [0.15, 0.2) is 0 Å². The summed E-state index contributed by atoms with van der Waals surface area (Å²) < 4.78 is 10.1. The van der Waals surface area contributed by atoms with Crippen molar-refractivity contribution in [1.82, 2.24) is 24.9 Å². The summed E-state index contributed by atoms with van der Waals surface area (Å²) in [7, 11) is 2.87. The van der Waals surface area contributed by atoms with Gasteiger partial charge in [-0.3, -0.25) is 9.59 Å². The Morgan fingerprint density at radius 2 is 1.09 bits per heavy atom. The molecule has 10 bridgehead atoms. The molecule has 0 aliphatic carbocycles. The number of fused-ring (bicyclic) bond motifs is 11. The van der Waals surface area contributed by atoms with Crippen molar-refractivity contribution in [2.75, 3.05) is 14.2 Å². The topological polar surface area (TPSA) is 126 Å². The summed E-state index contributed by atoms with van der Waals surface area (Å²) in [6, 6.07) is 8.67. The van der Waals surface area contributed by atoms with Crippen molar-refractivity contribution in [2.45, 2.75) is 107 Å². The Hall–Kier alpha value is -5.18. The summed E-state index contributed by atoms with van der Waals surface area (Å²) in [5.74, 6) is -0.483. The predicted octanol–water partition coefficient (Wildman–Crippen LogP) is 9.99. The molecule has 3 N–H and O–H groups in total. The highest BCUT2D eigenvalue weighted by molar-refractivity contribution is 5.98. The largest absolute Gasteiger partial charge is 0.469 e. The maximum absolute atomic E-state index is 12.4. The Morgan fingerprint density at radius 3 is 1.72 bits per heavy atom. The number of methoxy groups -OCH3 is 2. The first-order valence-corrected chi connectivity index (χ1v) is 19.0. The molecule has 0 radical (unpaired) electrons. The van der Waals surface area contributed by atoms with E-state index in [2.05, 4.69) is 94.6 Å². The number of hydrogen-bond donors (Lipinski definition) is 3. The molecule has 0 fully saturated rings. The van der Waals surface area contributed by atoms with Crippen LogP contribution in [-0.2, 0) is 44.7 Å². The second kappa shape index (κ2) is 15.4. The maximum Gasteiger partial charge on any atom is 0.305 e. The zero-order valence-electron chi connectivity index (χ0n) is 33.0. The molecule has 4 aromatic rings. The zero-order valence-corrected chi connectivity index (χ0v) is 33.0. The smallest absolute Gasteiger partial charge is 0.305 e. The molecule has 53 heavy (non-hydrogen) atoms. The third-order valence-corrected chi connectivity index (χ3v) is 11.3. The van der Waals surface area contributed by atoms with Gasteiger partial charge in [0.1, 0.15) is 0 Å². The summed E-state index contributed by atoms with van der Waals surface area (Å²) >= 11 is 0. The van der Waals surface area contributed by atoms with Crippen LogP contribution >= 0.6 is 0 Å². The van der Waals surface area contributed by atoms with E-state index in [9.17, 15) is 9.59 Å². The molecule has 0 saturated heterocycles. The number of aryl methyl sites for hydroxylation is 6. The van der Waals surface area contributed by atoms with Crippen LogP contribution in [0.15, 0.2) is 24.3 Å². The van der Waals surface area contributed by atoms with E-state index in [1.165, 1.54) is 42.0 Å². The molecule has 4 aromatic heterocycles. The minimum absolute atomic E-state index is 0.235. The number of esters is 2. The standard InChI is InChI=1S/C44H53N5O4/c1-11-27-25(7)43-44-26(8)28(12-2)36(49-44)20-34-24(6)32(16-18-42(51)53-10)40(46-34)22-38-30(14-4)29(13-3)37(47-38)21-39-31(15-17-41(50)52-9)23(5)33(45-39)19-35(27)48-43/h19-22,45,47-48H,11-18H2,1-10H3. The van der Waals surface area contributed by atoms with E-state index in [4.69, 9.17) is 19.4 Å². The number of aromatic amines is 3. The number of aromatic nitrogens is 5. The number of nitrogens with one attached hydrogen (secondary N) is 3. The van der Waals surface area contributed by atoms with Crippen molar-refractivity contribution in [3.63, 3.8) is 0 Å². The highest BCUT2D eigenvalue weighted by Crippen LogP contribution is 2.39. The second-order valence-electron chi connectivity index (χ2n) is 14.1. The van der Waals surface area contributed by atoms with E-state index in [0.717, 1.165) is 109 Å². The van der Waals surface area contributed by atoms with E-state index in [1.807, 2.05) is 0 Å². The molecular formula is C44H53N5O4. The molecule has 0 spiro atoms. The predicted molar refractivity (Wildman–Crippen MR) is 216 cm³/mol. The van der Waals surface area contributed by atoms with Crippen LogP contribution in [0, 0.1) is 13.8 Å². The van der Waals surface area contributed by atoms with Gasteiger partial charge in [-0.1, -0.05) is 27.7 Å². The van der Waals surface area contributed by atoms with Crippen molar-refractivity contribution in [3.8, 4) is 0 Å². The summed E-state index contributed by atoms with van der Waals surface area (Å²) in [4.78, 5) is 46.6. The van der Waals surface area contributed by atoms with Crippen LogP contribution in [0.5, 0.6) is 0 Å². The Morgan fingerprint density at radius 1 is 0.547 bits per heavy atom. The van der Waals surface area contributed by atoms with Gasteiger partial charge >= 0.3 is 11.9 Å². The number of nitrogens with zero attached hydrogens (tertiary/aromatic N) is 2. The van der Waals surface area contributed by atoms with Crippen molar-refractivity contribution in [2.24, 2.45) is 0 Å². The summed E-state index contributed by atoms with van der Waals surface area (Å²) in [6.07, 6.45) is 4.97. The Bertz CT molecular complexity index is 2400. The number of carbonyl (C=O) groups excluding carboxylic acids is 2. The lowest BCUT2D eigenvalue weighted by Gasteiger charge is -2.04. The molecule has 0 aromatic carbocycles. The molecule has 6 rings (SSSR count). The molecule has 0 saturated carbocycles. The number of H-pyrrole nitrogens is 3. The fourth-order valence-electron chi connectivity index (χ4n) is 8.25. The highest BCUT2D eigenvalue weighted by atomic mass is 16.5. The molecule has 6 heterocycles. The SMILES string of the molecule is CCC1=C(C)c2nc1cc1nc(cc3[nH]c(cc4[nH]c(cc5[nH]c2c(C)c5CC)c(C)c4CCC(=O)OC)c(CC)c3CC)C(CCC(=O)OC)=C1C. The van der Waals surface area contributed by atoms with Crippen LogP contribution in [0.3, 0.4) is 0 Å². The average molecular weight is 716 g/mol. The highest BCUT2D eigenvalue weighted by Gasteiger charge is 2.23. The fourth-order valence-corrected chi connectivity index (χ4v) is 8.25. The molecule has 0 unspecified atom stereocenters. The van der Waals surface area contributed by atoms with Gasteiger partial charge in [-0.15, -0.1) is 0 Å². The van der Waals surface area contributed by atoms with Crippen LogP contribution in [0.4, 0.5) is 0 Å². The quantitative estimate of drug-likeness (QED) is 0.140. The third kappa shape index (κ3) is 6.89. The molecule has 0 amide bonds. The lowest BCUT2D eigenvalue weighted by molar-refractivity contribution is -0.141. The Kier molecular flexibility index (Phi) is 10.9. The lowest BCUT2D eigenvalue weighted by atomic mass is 9.99. The molecule has 2 aliphatic heterocycles. The first-order valence-electron chi connectivity index (χ1n) is 19.0. The van der Waals surface area contributed by atoms with Gasteiger partial charge in [0, 0.05) is 40.4 Å². The van der Waals surface area contributed by atoms with Gasteiger partial charge in [0.05, 0.1) is 42.5 Å². The van der Waals surface area contributed by atoms with E-state index in [0.29, 0.717) is 12.8 Å². The third-order valence-electron chi connectivity index (χ3n) is 11.3. The van der Waals surface area contributed by atoms with Crippen LogP contribution in [0.2, 0.25) is 0 Å². The average Bonchev–Trinajstić information content (AvgIpc) is 3.90. The van der Waals surface area contributed by atoms with Crippen LogP contribution in [0.25, 0.3) is 55.4 Å². The number of allylic oxidation sites excluding steroid dienone is 4. The minimum Gasteiger partial charge on any atom is -0.469 e. The fraction of sp³-hybridized carbons (Fsp3) is 0.409. The molecule has 9 nitrogen and oxygen atoms in total. The van der Waals surface area contributed by atoms with E-state index in [1.54, 1.807) is 0 Å². The Balaban J connectivity index is 1.80. The van der Waals surface area contributed by atoms with Crippen LogP contribution in [0.1, 0.15) is 123 Å². The van der Waals surface area contributed by atoms with Crippen molar-refractivity contribution in [3.05, 3.63) is 80.4 Å². The van der Waals surface area contributed by atoms with E-state index in [-0.39, 0.29) is 24.8 Å². The van der Waals surface area contributed by atoms with E-state index >= 15 is 0 Å². The molecular weight excluding hydrogens is 663 g/mol. The van der Waals surface area contributed by atoms with Gasteiger partial charge in [-0.05, 0) is 146 Å². The van der Waals surface area contributed by atoms with E-state index < -0.39 is 0 Å². The monoisotopic (exact) mass is 715 g/mol. The number of ether oxygens (including phenoxy) is 2.